The maximum Gasteiger partial charge on any atom is 0.409 e. The zero-order valence-corrected chi connectivity index (χ0v) is 24.8. The number of carbonyl (C=O) groups is 2. The standard InChI is InChI=1S/C34H42N4O4/c1-4-38(32(40)42-3)28-16-10-23(11-17-28)18-30(39)37-27-19-29(24-8-6-5-7-9-24)31(36-20-27)25-12-14-26(15-13-25)34(35)21-33(2,41)22-34/h5-9,12-15,19-20,23,28,41H,4,10-11,16-18,21-22,35H2,1-3H3,(H,37,39). The highest BCUT2D eigenvalue weighted by atomic mass is 16.5. The highest BCUT2D eigenvalue weighted by Crippen LogP contribution is 2.46. The molecule has 8 nitrogen and oxygen atoms in total. The van der Waals surface area contributed by atoms with Crippen molar-refractivity contribution < 1.29 is 19.4 Å². The molecule has 1 aromatic heterocycles. The summed E-state index contributed by atoms with van der Waals surface area (Å²) in [5.41, 5.74) is 10.7. The average molecular weight is 571 g/mol. The molecule has 2 aliphatic rings. The monoisotopic (exact) mass is 570 g/mol. The van der Waals surface area contributed by atoms with Crippen LogP contribution in [0, 0.1) is 5.92 Å². The van der Waals surface area contributed by atoms with Crippen LogP contribution in [0.2, 0.25) is 0 Å². The van der Waals surface area contributed by atoms with Gasteiger partial charge in [0.05, 0.1) is 30.3 Å². The van der Waals surface area contributed by atoms with Crippen molar-refractivity contribution >= 4 is 17.7 Å². The van der Waals surface area contributed by atoms with E-state index in [0.29, 0.717) is 31.5 Å². The van der Waals surface area contributed by atoms with Crippen LogP contribution in [0.15, 0.2) is 66.9 Å². The van der Waals surface area contributed by atoms with Gasteiger partial charge >= 0.3 is 6.09 Å². The minimum atomic E-state index is -0.712. The smallest absolute Gasteiger partial charge is 0.409 e. The molecule has 222 valence electrons. The minimum Gasteiger partial charge on any atom is -0.453 e. The lowest BCUT2D eigenvalue weighted by Gasteiger charge is -2.49. The van der Waals surface area contributed by atoms with Crippen molar-refractivity contribution in [2.45, 2.75) is 76.0 Å². The van der Waals surface area contributed by atoms with Gasteiger partial charge in [0.1, 0.15) is 0 Å². The van der Waals surface area contributed by atoms with Crippen LogP contribution in [0.5, 0.6) is 0 Å². The molecule has 0 spiro atoms. The Kier molecular flexibility index (Phi) is 8.66. The maximum absolute atomic E-state index is 13.1. The number of nitrogens with one attached hydrogen (secondary N) is 1. The maximum atomic E-state index is 13.1. The third-order valence-electron chi connectivity index (χ3n) is 8.86. The molecule has 0 saturated heterocycles. The fourth-order valence-electron chi connectivity index (χ4n) is 6.86. The van der Waals surface area contributed by atoms with Crippen LogP contribution in [0.25, 0.3) is 22.4 Å². The van der Waals surface area contributed by atoms with Crippen molar-refractivity contribution in [3.05, 3.63) is 72.4 Å². The molecule has 5 rings (SSSR count). The molecule has 0 unspecified atom stereocenters. The largest absolute Gasteiger partial charge is 0.453 e. The van der Waals surface area contributed by atoms with Crippen LogP contribution in [-0.4, -0.2) is 52.3 Å². The van der Waals surface area contributed by atoms with E-state index in [4.69, 9.17) is 15.5 Å². The third-order valence-corrected chi connectivity index (χ3v) is 8.86. The SMILES string of the molecule is CCN(C(=O)OC)C1CCC(CC(=O)Nc2cnc(-c3ccc(C4(N)CC(C)(O)C4)cc3)c(-c3ccccc3)c2)CC1. The molecule has 0 radical (unpaired) electrons. The van der Waals surface area contributed by atoms with Gasteiger partial charge in [0.25, 0.3) is 0 Å². The van der Waals surface area contributed by atoms with Crippen molar-refractivity contribution in [3.8, 4) is 22.4 Å². The number of methoxy groups -OCH3 is 1. The van der Waals surface area contributed by atoms with Crippen molar-refractivity contribution in [3.63, 3.8) is 0 Å². The Labute approximate surface area is 248 Å². The molecule has 2 saturated carbocycles. The first-order valence-electron chi connectivity index (χ1n) is 14.9. The highest BCUT2D eigenvalue weighted by molar-refractivity contribution is 5.93. The van der Waals surface area contributed by atoms with Crippen molar-refractivity contribution in [1.82, 2.24) is 9.88 Å². The van der Waals surface area contributed by atoms with E-state index < -0.39 is 11.1 Å². The molecule has 3 aromatic rings. The lowest BCUT2D eigenvalue weighted by molar-refractivity contribution is -0.117. The molecule has 0 atom stereocenters. The molecule has 2 amide bonds. The summed E-state index contributed by atoms with van der Waals surface area (Å²) in [5, 5.41) is 13.3. The number of aromatic nitrogens is 1. The number of hydrogen-bond donors (Lipinski definition) is 3. The molecule has 2 fully saturated rings. The van der Waals surface area contributed by atoms with Crippen molar-refractivity contribution in [2.24, 2.45) is 11.7 Å². The number of pyridine rings is 1. The van der Waals surface area contributed by atoms with E-state index >= 15 is 0 Å². The number of nitrogens with zero attached hydrogens (tertiary/aromatic N) is 2. The second kappa shape index (κ2) is 12.2. The van der Waals surface area contributed by atoms with Crippen LogP contribution in [0.1, 0.15) is 64.4 Å². The van der Waals surface area contributed by atoms with Gasteiger partial charge in [-0.3, -0.25) is 9.78 Å². The Morgan fingerprint density at radius 2 is 1.71 bits per heavy atom. The fraction of sp³-hybridized carbons (Fsp3) is 0.441. The number of hydrogen-bond acceptors (Lipinski definition) is 6. The number of ether oxygens (including phenoxy) is 1. The van der Waals surface area contributed by atoms with Crippen LogP contribution >= 0.6 is 0 Å². The first kappa shape index (κ1) is 29.7. The number of anilines is 1. The Balaban J connectivity index is 1.28. The van der Waals surface area contributed by atoms with Crippen molar-refractivity contribution in [2.75, 3.05) is 19.0 Å². The Hall–Kier alpha value is -3.75. The molecule has 8 heteroatoms. The van der Waals surface area contributed by atoms with Gasteiger partial charge in [-0.05, 0) is 75.5 Å². The topological polar surface area (TPSA) is 118 Å². The molecule has 0 bridgehead atoms. The fourth-order valence-corrected chi connectivity index (χ4v) is 6.86. The summed E-state index contributed by atoms with van der Waals surface area (Å²) in [4.78, 5) is 31.7. The predicted octanol–water partition coefficient (Wildman–Crippen LogP) is 6.09. The number of carbonyl (C=O) groups excluding carboxylic acids is 2. The molecule has 2 aromatic carbocycles. The number of rotatable bonds is 8. The van der Waals surface area contributed by atoms with Gasteiger partial charge in [-0.1, -0.05) is 54.6 Å². The molecular weight excluding hydrogens is 528 g/mol. The summed E-state index contributed by atoms with van der Waals surface area (Å²) in [6, 6.07) is 20.3. The van der Waals surface area contributed by atoms with Gasteiger partial charge < -0.3 is 25.8 Å². The third kappa shape index (κ3) is 6.50. The normalized spacial score (nSPS) is 25.3. The van der Waals surface area contributed by atoms with Gasteiger partial charge in [-0.15, -0.1) is 0 Å². The van der Waals surface area contributed by atoms with E-state index in [1.807, 2.05) is 74.5 Å². The average Bonchev–Trinajstić information content (AvgIpc) is 2.97. The summed E-state index contributed by atoms with van der Waals surface area (Å²) in [6.45, 7) is 4.41. The zero-order valence-electron chi connectivity index (χ0n) is 24.8. The van der Waals surface area contributed by atoms with E-state index in [9.17, 15) is 14.7 Å². The summed E-state index contributed by atoms with van der Waals surface area (Å²) >= 11 is 0. The first-order valence-corrected chi connectivity index (χ1v) is 14.9. The lowest BCUT2D eigenvalue weighted by atomic mass is 9.63. The van der Waals surface area contributed by atoms with E-state index in [1.54, 1.807) is 11.1 Å². The van der Waals surface area contributed by atoms with Crippen LogP contribution in [0.4, 0.5) is 10.5 Å². The summed E-state index contributed by atoms with van der Waals surface area (Å²) in [5.74, 6) is 0.253. The first-order chi connectivity index (χ1) is 20.1. The van der Waals surface area contributed by atoms with Crippen LogP contribution in [0.3, 0.4) is 0 Å². The van der Waals surface area contributed by atoms with Gasteiger partial charge in [-0.25, -0.2) is 4.79 Å². The van der Waals surface area contributed by atoms with E-state index in [-0.39, 0.29) is 24.0 Å². The van der Waals surface area contributed by atoms with Gasteiger partial charge in [0.2, 0.25) is 5.91 Å². The molecule has 4 N–H and O–H groups in total. The van der Waals surface area contributed by atoms with Gasteiger partial charge in [0, 0.05) is 35.7 Å². The Morgan fingerprint density at radius 3 is 2.31 bits per heavy atom. The second-order valence-electron chi connectivity index (χ2n) is 12.3. The second-order valence-corrected chi connectivity index (χ2v) is 12.3. The summed E-state index contributed by atoms with van der Waals surface area (Å²) in [6.07, 6.45) is 6.49. The number of nitrogens with two attached hydrogens (primary N) is 1. The summed E-state index contributed by atoms with van der Waals surface area (Å²) < 4.78 is 4.93. The highest BCUT2D eigenvalue weighted by Gasteiger charge is 2.49. The number of amides is 2. The molecule has 2 aliphatic carbocycles. The van der Waals surface area contributed by atoms with Crippen molar-refractivity contribution in [1.29, 1.82) is 0 Å². The van der Waals surface area contributed by atoms with E-state index in [2.05, 4.69) is 5.32 Å². The predicted molar refractivity (Wildman–Crippen MR) is 165 cm³/mol. The summed E-state index contributed by atoms with van der Waals surface area (Å²) in [7, 11) is 1.42. The zero-order chi connectivity index (χ0) is 29.9. The number of aliphatic hydroxyl groups is 1. The Bertz CT molecular complexity index is 1390. The van der Waals surface area contributed by atoms with E-state index in [1.165, 1.54) is 7.11 Å². The van der Waals surface area contributed by atoms with E-state index in [0.717, 1.165) is 53.6 Å². The molecular formula is C34H42N4O4. The molecule has 1 heterocycles. The Morgan fingerprint density at radius 1 is 1.05 bits per heavy atom. The van der Waals surface area contributed by atoms with Crippen LogP contribution in [-0.2, 0) is 15.1 Å². The van der Waals surface area contributed by atoms with Gasteiger partial charge in [0.15, 0.2) is 0 Å². The minimum absolute atomic E-state index is 0.0266. The van der Waals surface area contributed by atoms with Crippen LogP contribution < -0.4 is 11.1 Å². The molecule has 0 aliphatic heterocycles. The molecule has 42 heavy (non-hydrogen) atoms. The number of benzene rings is 2. The quantitative estimate of drug-likeness (QED) is 0.302. The lowest BCUT2D eigenvalue weighted by Crippen LogP contribution is -2.58. The van der Waals surface area contributed by atoms with Gasteiger partial charge in [-0.2, -0.15) is 0 Å².